The molecule has 4 amide bonds. The van der Waals surface area contributed by atoms with E-state index in [4.69, 9.17) is 11.5 Å². The minimum Gasteiger partial charge on any atom is -0.480 e. The SMILES string of the molecule is CCC(C)C(N)C(=O)NC(C(=O)NC(CCSC)C(=O)NC(CC(N)=O)C(=O)O)C(C)O. The second-order valence-electron chi connectivity index (χ2n) is 7.55. The van der Waals surface area contributed by atoms with E-state index in [9.17, 15) is 34.2 Å². The zero-order chi connectivity index (χ0) is 25.0. The molecule has 0 aliphatic heterocycles. The quantitative estimate of drug-likeness (QED) is 0.137. The Bertz CT molecular complexity index is 676. The van der Waals surface area contributed by atoms with Crippen LogP contribution in [0.1, 0.15) is 40.0 Å². The van der Waals surface area contributed by atoms with Crippen LogP contribution in [0.25, 0.3) is 0 Å². The Labute approximate surface area is 191 Å². The Balaban J connectivity index is 5.44. The fraction of sp³-hybridized carbons (Fsp3) is 0.737. The lowest BCUT2D eigenvalue weighted by atomic mass is 9.98. The normalized spacial score (nSPS) is 16.6. The maximum Gasteiger partial charge on any atom is 0.326 e. The molecule has 184 valence electrons. The minimum atomic E-state index is -1.56. The monoisotopic (exact) mass is 477 g/mol. The van der Waals surface area contributed by atoms with Gasteiger partial charge in [-0.1, -0.05) is 20.3 Å². The first-order chi connectivity index (χ1) is 14.8. The maximum absolute atomic E-state index is 12.8. The zero-order valence-electron chi connectivity index (χ0n) is 18.8. The molecule has 0 rings (SSSR count). The van der Waals surface area contributed by atoms with Crippen LogP contribution in [0, 0.1) is 5.92 Å². The molecule has 0 aromatic heterocycles. The average molecular weight is 478 g/mol. The van der Waals surface area contributed by atoms with Gasteiger partial charge in [0.2, 0.25) is 23.6 Å². The summed E-state index contributed by atoms with van der Waals surface area (Å²) in [5.41, 5.74) is 10.9. The summed E-state index contributed by atoms with van der Waals surface area (Å²) in [6.45, 7) is 4.92. The third-order valence-corrected chi connectivity index (χ3v) is 5.53. The third kappa shape index (κ3) is 10.3. The van der Waals surface area contributed by atoms with Crippen LogP contribution in [0.3, 0.4) is 0 Å². The molecule has 32 heavy (non-hydrogen) atoms. The van der Waals surface area contributed by atoms with Gasteiger partial charge >= 0.3 is 5.97 Å². The number of nitrogens with one attached hydrogen (secondary N) is 3. The number of primary amides is 1. The van der Waals surface area contributed by atoms with Crippen LogP contribution in [-0.4, -0.2) is 82.1 Å². The van der Waals surface area contributed by atoms with Crippen LogP contribution in [0.5, 0.6) is 0 Å². The number of carboxylic acids is 1. The summed E-state index contributed by atoms with van der Waals surface area (Å²) in [6.07, 6.45) is 0.624. The van der Waals surface area contributed by atoms with Crippen LogP contribution < -0.4 is 27.4 Å². The van der Waals surface area contributed by atoms with E-state index in [1.54, 1.807) is 13.2 Å². The van der Waals surface area contributed by atoms with E-state index in [-0.39, 0.29) is 12.3 Å². The molecule has 0 aliphatic carbocycles. The third-order valence-electron chi connectivity index (χ3n) is 4.89. The standard InChI is InChI=1S/C19H35N5O7S/c1-5-9(2)14(21)17(28)24-15(10(3)25)18(29)22-11(6-7-32-4)16(27)23-12(19(30)31)8-13(20)26/h9-12,14-15,25H,5-8,21H2,1-4H3,(H2,20,26)(H,22,29)(H,23,27)(H,24,28)(H,30,31). The van der Waals surface area contributed by atoms with Crippen LogP contribution in [0.15, 0.2) is 0 Å². The molecule has 12 nitrogen and oxygen atoms in total. The second-order valence-corrected chi connectivity index (χ2v) is 8.54. The average Bonchev–Trinajstić information content (AvgIpc) is 2.71. The summed E-state index contributed by atoms with van der Waals surface area (Å²) >= 11 is 1.39. The topological polar surface area (TPSA) is 214 Å². The van der Waals surface area contributed by atoms with Crippen molar-refractivity contribution in [3.8, 4) is 0 Å². The van der Waals surface area contributed by atoms with E-state index in [0.717, 1.165) is 0 Å². The van der Waals surface area contributed by atoms with Crippen molar-refractivity contribution in [1.82, 2.24) is 16.0 Å². The first-order valence-corrected chi connectivity index (χ1v) is 11.6. The van der Waals surface area contributed by atoms with Gasteiger partial charge in [-0.25, -0.2) is 4.79 Å². The molecule has 0 bridgehead atoms. The van der Waals surface area contributed by atoms with Gasteiger partial charge in [0.25, 0.3) is 0 Å². The Hall–Kier alpha value is -2.38. The van der Waals surface area contributed by atoms with Crippen LogP contribution in [0.4, 0.5) is 0 Å². The number of aliphatic hydroxyl groups excluding tert-OH is 1. The number of nitrogens with two attached hydrogens (primary N) is 2. The largest absolute Gasteiger partial charge is 0.480 e. The number of carbonyl (C=O) groups excluding carboxylic acids is 4. The van der Waals surface area contributed by atoms with Crippen LogP contribution in [-0.2, 0) is 24.0 Å². The molecule has 0 saturated carbocycles. The number of aliphatic hydroxyl groups is 1. The van der Waals surface area contributed by atoms with Crippen LogP contribution >= 0.6 is 11.8 Å². The lowest BCUT2D eigenvalue weighted by molar-refractivity contribution is -0.144. The van der Waals surface area contributed by atoms with E-state index in [1.165, 1.54) is 18.7 Å². The first kappa shape index (κ1) is 29.6. The predicted molar refractivity (Wildman–Crippen MR) is 119 cm³/mol. The maximum atomic E-state index is 12.8. The molecule has 0 aromatic rings. The van der Waals surface area contributed by atoms with Crippen molar-refractivity contribution < 1.29 is 34.2 Å². The molecule has 0 saturated heterocycles. The number of carboxylic acid groups (broad SMARTS) is 1. The summed E-state index contributed by atoms with van der Waals surface area (Å²) in [4.78, 5) is 60.1. The Morgan fingerprint density at radius 2 is 1.53 bits per heavy atom. The van der Waals surface area contributed by atoms with Crippen molar-refractivity contribution in [2.45, 2.75) is 70.3 Å². The molecule has 0 spiro atoms. The molecule has 0 radical (unpaired) electrons. The summed E-state index contributed by atoms with van der Waals surface area (Å²) < 4.78 is 0. The van der Waals surface area contributed by atoms with E-state index < -0.39 is 66.3 Å². The number of hydrogen-bond donors (Lipinski definition) is 7. The second kappa shape index (κ2) is 14.6. The summed E-state index contributed by atoms with van der Waals surface area (Å²) in [7, 11) is 0. The molecule has 0 aromatic carbocycles. The number of amides is 4. The van der Waals surface area contributed by atoms with Crippen molar-refractivity contribution in [3.05, 3.63) is 0 Å². The van der Waals surface area contributed by atoms with Crippen molar-refractivity contribution in [2.75, 3.05) is 12.0 Å². The highest BCUT2D eigenvalue weighted by Crippen LogP contribution is 2.07. The van der Waals surface area contributed by atoms with Crippen molar-refractivity contribution >= 4 is 41.4 Å². The lowest BCUT2D eigenvalue weighted by Crippen LogP contribution is -2.60. The molecule has 0 heterocycles. The molecule has 0 fully saturated rings. The van der Waals surface area contributed by atoms with Crippen molar-refractivity contribution in [2.24, 2.45) is 17.4 Å². The highest BCUT2D eigenvalue weighted by Gasteiger charge is 2.33. The van der Waals surface area contributed by atoms with Gasteiger partial charge in [-0.3, -0.25) is 19.2 Å². The van der Waals surface area contributed by atoms with E-state index in [2.05, 4.69) is 16.0 Å². The first-order valence-electron chi connectivity index (χ1n) is 10.2. The van der Waals surface area contributed by atoms with Crippen molar-refractivity contribution in [1.29, 1.82) is 0 Å². The zero-order valence-corrected chi connectivity index (χ0v) is 19.6. The van der Waals surface area contributed by atoms with Crippen LogP contribution in [0.2, 0.25) is 0 Å². The van der Waals surface area contributed by atoms with Gasteiger partial charge in [0.05, 0.1) is 18.6 Å². The fourth-order valence-corrected chi connectivity index (χ4v) is 3.08. The molecular formula is C19H35N5O7S. The number of carbonyl (C=O) groups is 5. The summed E-state index contributed by atoms with van der Waals surface area (Å²) in [6, 6.07) is -5.02. The van der Waals surface area contributed by atoms with Gasteiger partial charge in [0.15, 0.2) is 0 Å². The molecular weight excluding hydrogens is 442 g/mol. The number of thioether (sulfide) groups is 1. The highest BCUT2D eigenvalue weighted by molar-refractivity contribution is 7.98. The minimum absolute atomic E-state index is 0.133. The number of aliphatic carboxylic acids is 1. The molecule has 6 atom stereocenters. The number of hydrogen-bond acceptors (Lipinski definition) is 8. The lowest BCUT2D eigenvalue weighted by Gasteiger charge is -2.27. The summed E-state index contributed by atoms with van der Waals surface area (Å²) in [5.74, 6) is -4.40. The van der Waals surface area contributed by atoms with Crippen molar-refractivity contribution in [3.63, 3.8) is 0 Å². The highest BCUT2D eigenvalue weighted by atomic mass is 32.2. The fourth-order valence-electron chi connectivity index (χ4n) is 2.61. The number of rotatable bonds is 15. The molecule has 13 heteroatoms. The van der Waals surface area contributed by atoms with Gasteiger partial charge in [-0.2, -0.15) is 11.8 Å². The Kier molecular flexibility index (Phi) is 13.5. The molecule has 9 N–H and O–H groups in total. The molecule has 0 aliphatic rings. The van der Waals surface area contributed by atoms with E-state index in [1.807, 2.05) is 6.92 Å². The Morgan fingerprint density at radius 1 is 0.969 bits per heavy atom. The van der Waals surface area contributed by atoms with Gasteiger partial charge < -0.3 is 37.6 Å². The van der Waals surface area contributed by atoms with Gasteiger partial charge in [0.1, 0.15) is 18.1 Å². The summed E-state index contributed by atoms with van der Waals surface area (Å²) in [5, 5.41) is 26.2. The van der Waals surface area contributed by atoms with Gasteiger partial charge in [-0.15, -0.1) is 0 Å². The molecule has 6 unspecified atom stereocenters. The van der Waals surface area contributed by atoms with Gasteiger partial charge in [0, 0.05) is 0 Å². The van der Waals surface area contributed by atoms with E-state index >= 15 is 0 Å². The smallest absolute Gasteiger partial charge is 0.326 e. The van der Waals surface area contributed by atoms with Gasteiger partial charge in [-0.05, 0) is 31.3 Å². The Morgan fingerprint density at radius 3 is 1.97 bits per heavy atom. The van der Waals surface area contributed by atoms with E-state index in [0.29, 0.717) is 12.2 Å². The predicted octanol–water partition coefficient (Wildman–Crippen LogP) is -2.09.